The van der Waals surface area contributed by atoms with Crippen LogP contribution < -0.4 is 5.73 Å². The van der Waals surface area contributed by atoms with Gasteiger partial charge in [-0.25, -0.2) is 0 Å². The fraction of sp³-hybridized carbons (Fsp3) is 0.846. The highest BCUT2D eigenvalue weighted by molar-refractivity contribution is 5.85. The maximum Gasteiger partial charge on any atom is 0.244 e. The van der Waals surface area contributed by atoms with E-state index in [1.807, 2.05) is 14.1 Å². The zero-order valence-corrected chi connectivity index (χ0v) is 13.0. The highest BCUT2D eigenvalue weighted by Gasteiger charge is 2.37. The van der Waals surface area contributed by atoms with E-state index < -0.39 is 0 Å². The number of halogens is 1. The molecule has 1 heterocycles. The van der Waals surface area contributed by atoms with Crippen molar-refractivity contribution >= 4 is 12.4 Å². The number of hydrogen-bond acceptors (Lipinski definition) is 5. The summed E-state index contributed by atoms with van der Waals surface area (Å²) in [5.41, 5.74) is 5.98. The van der Waals surface area contributed by atoms with Gasteiger partial charge in [0.15, 0.2) is 5.82 Å². The highest BCUT2D eigenvalue weighted by atomic mass is 35.5. The van der Waals surface area contributed by atoms with Crippen LogP contribution in [0.15, 0.2) is 4.52 Å². The topological polar surface area (TPSA) is 68.2 Å². The predicted molar refractivity (Wildman–Crippen MR) is 77.1 cm³/mol. The van der Waals surface area contributed by atoms with E-state index in [1.54, 1.807) is 0 Å². The van der Waals surface area contributed by atoms with Gasteiger partial charge in [-0.2, -0.15) is 4.98 Å². The van der Waals surface area contributed by atoms with Crippen LogP contribution in [0.4, 0.5) is 0 Å². The van der Waals surface area contributed by atoms with E-state index in [0.29, 0.717) is 17.6 Å². The number of nitrogens with zero attached hydrogens (tertiary/aromatic N) is 3. The molecule has 2 rings (SSSR count). The first-order valence-electron chi connectivity index (χ1n) is 6.73. The third-order valence-electron chi connectivity index (χ3n) is 3.82. The average Bonchev–Trinajstić information content (AvgIpc) is 2.87. The van der Waals surface area contributed by atoms with Crippen molar-refractivity contribution in [3.05, 3.63) is 11.7 Å². The molecule has 1 aliphatic carbocycles. The molecule has 0 bridgehead atoms. The molecule has 0 unspecified atom stereocenters. The fourth-order valence-corrected chi connectivity index (χ4v) is 2.89. The van der Waals surface area contributed by atoms with E-state index in [1.165, 1.54) is 0 Å². The normalized spacial score (nSPS) is 19.7. The molecule has 110 valence electrons. The Bertz CT molecular complexity index is 391. The summed E-state index contributed by atoms with van der Waals surface area (Å²) >= 11 is 0. The summed E-state index contributed by atoms with van der Waals surface area (Å²) in [5, 5.41) is 4.12. The third-order valence-corrected chi connectivity index (χ3v) is 3.82. The monoisotopic (exact) mass is 288 g/mol. The van der Waals surface area contributed by atoms with Gasteiger partial charge >= 0.3 is 0 Å². The van der Waals surface area contributed by atoms with Crippen molar-refractivity contribution in [2.45, 2.75) is 51.1 Å². The Morgan fingerprint density at radius 3 is 2.32 bits per heavy atom. The number of nitrogens with two attached hydrogens (primary N) is 1. The molecule has 0 aromatic carbocycles. The van der Waals surface area contributed by atoms with E-state index in [9.17, 15) is 0 Å². The number of aromatic nitrogens is 2. The van der Waals surface area contributed by atoms with Crippen molar-refractivity contribution in [3.63, 3.8) is 0 Å². The lowest BCUT2D eigenvalue weighted by Crippen LogP contribution is -2.34. The Morgan fingerprint density at radius 1 is 1.26 bits per heavy atom. The Kier molecular flexibility index (Phi) is 5.35. The van der Waals surface area contributed by atoms with Crippen LogP contribution in [0.1, 0.15) is 57.3 Å². The molecule has 1 fully saturated rings. The minimum absolute atomic E-state index is 0. The molecule has 19 heavy (non-hydrogen) atoms. The zero-order chi connectivity index (χ0) is 13.3. The maximum atomic E-state index is 6.35. The van der Waals surface area contributed by atoms with E-state index in [4.69, 9.17) is 10.3 Å². The van der Waals surface area contributed by atoms with Gasteiger partial charge in [-0.1, -0.05) is 31.8 Å². The first-order chi connectivity index (χ1) is 8.44. The van der Waals surface area contributed by atoms with Crippen molar-refractivity contribution in [1.29, 1.82) is 0 Å². The molecular weight excluding hydrogens is 264 g/mol. The second-order valence-electron chi connectivity index (χ2n) is 5.97. The van der Waals surface area contributed by atoms with Gasteiger partial charge in [0.25, 0.3) is 0 Å². The predicted octanol–water partition coefficient (Wildman–Crippen LogP) is 2.48. The lowest BCUT2D eigenvalue weighted by atomic mass is 9.98. The summed E-state index contributed by atoms with van der Waals surface area (Å²) in [4.78, 5) is 6.67. The molecule has 5 nitrogen and oxygen atoms in total. The van der Waals surface area contributed by atoms with Crippen LogP contribution in [0.3, 0.4) is 0 Å². The van der Waals surface area contributed by atoms with Crippen LogP contribution in [0.2, 0.25) is 0 Å². The molecule has 0 spiro atoms. The van der Waals surface area contributed by atoms with E-state index in [0.717, 1.165) is 25.7 Å². The SMILES string of the molecule is CC(C)[C@@H](c1nc(C2(N)CCCC2)no1)N(C)C.Cl. The van der Waals surface area contributed by atoms with Crippen molar-refractivity contribution in [3.8, 4) is 0 Å². The van der Waals surface area contributed by atoms with E-state index in [2.05, 4.69) is 28.9 Å². The molecule has 1 aromatic rings. The molecule has 1 atom stereocenters. The minimum atomic E-state index is -0.365. The molecule has 0 saturated heterocycles. The van der Waals surface area contributed by atoms with Crippen molar-refractivity contribution in [1.82, 2.24) is 15.0 Å². The number of hydrogen-bond donors (Lipinski definition) is 1. The highest BCUT2D eigenvalue weighted by Crippen LogP contribution is 2.35. The van der Waals surface area contributed by atoms with Gasteiger partial charge in [-0.05, 0) is 32.9 Å². The summed E-state index contributed by atoms with van der Waals surface area (Å²) in [6, 6.07) is 0.149. The minimum Gasteiger partial charge on any atom is -0.338 e. The molecule has 1 aromatic heterocycles. The summed E-state index contributed by atoms with van der Waals surface area (Å²) in [6.45, 7) is 4.31. The third kappa shape index (κ3) is 3.27. The van der Waals surface area contributed by atoms with Crippen LogP contribution in [0.5, 0.6) is 0 Å². The Hall–Kier alpha value is -0.650. The van der Waals surface area contributed by atoms with Crippen LogP contribution >= 0.6 is 12.4 Å². The van der Waals surface area contributed by atoms with Gasteiger partial charge in [-0.15, -0.1) is 12.4 Å². The summed E-state index contributed by atoms with van der Waals surface area (Å²) < 4.78 is 5.44. The molecule has 6 heteroatoms. The maximum absolute atomic E-state index is 6.35. The zero-order valence-electron chi connectivity index (χ0n) is 12.2. The molecule has 2 N–H and O–H groups in total. The van der Waals surface area contributed by atoms with Gasteiger partial charge in [0, 0.05) is 0 Å². The quantitative estimate of drug-likeness (QED) is 0.922. The van der Waals surface area contributed by atoms with Crippen molar-refractivity contribution in [2.24, 2.45) is 11.7 Å². The molecule has 0 radical (unpaired) electrons. The Balaban J connectivity index is 0.00000180. The van der Waals surface area contributed by atoms with Crippen LogP contribution in [-0.4, -0.2) is 29.1 Å². The van der Waals surface area contributed by atoms with Crippen molar-refractivity contribution < 1.29 is 4.52 Å². The molecule has 0 aliphatic heterocycles. The van der Waals surface area contributed by atoms with Gasteiger partial charge in [0.05, 0.1) is 11.6 Å². The standard InChI is InChI=1S/C13H24N4O.ClH/c1-9(2)10(17(3)4)11-15-12(16-18-11)13(14)7-5-6-8-13;/h9-10H,5-8,14H2,1-4H3;1H/t10-;/m0./s1. The lowest BCUT2D eigenvalue weighted by molar-refractivity contribution is 0.181. The smallest absolute Gasteiger partial charge is 0.244 e. The second-order valence-corrected chi connectivity index (χ2v) is 5.97. The molecule has 1 aliphatic rings. The van der Waals surface area contributed by atoms with Gasteiger partial charge in [-0.3, -0.25) is 4.90 Å². The van der Waals surface area contributed by atoms with Crippen LogP contribution in [0, 0.1) is 5.92 Å². The first kappa shape index (κ1) is 16.4. The number of rotatable bonds is 4. The van der Waals surface area contributed by atoms with Gasteiger partial charge in [0.1, 0.15) is 0 Å². The van der Waals surface area contributed by atoms with E-state index in [-0.39, 0.29) is 24.0 Å². The van der Waals surface area contributed by atoms with Crippen LogP contribution in [-0.2, 0) is 5.54 Å². The van der Waals surface area contributed by atoms with Gasteiger partial charge in [0.2, 0.25) is 5.89 Å². The summed E-state index contributed by atoms with van der Waals surface area (Å²) in [6.07, 6.45) is 4.23. The van der Waals surface area contributed by atoms with Crippen molar-refractivity contribution in [2.75, 3.05) is 14.1 Å². The summed E-state index contributed by atoms with van der Waals surface area (Å²) in [7, 11) is 4.06. The largest absolute Gasteiger partial charge is 0.338 e. The van der Waals surface area contributed by atoms with E-state index >= 15 is 0 Å². The van der Waals surface area contributed by atoms with Crippen LogP contribution in [0.25, 0.3) is 0 Å². The lowest BCUT2D eigenvalue weighted by Gasteiger charge is -2.24. The molecular formula is C13H25ClN4O. The second kappa shape index (κ2) is 6.20. The summed E-state index contributed by atoms with van der Waals surface area (Å²) in [5.74, 6) is 1.79. The average molecular weight is 289 g/mol. The Labute approximate surface area is 121 Å². The molecule has 1 saturated carbocycles. The first-order valence-corrected chi connectivity index (χ1v) is 6.73. The van der Waals surface area contributed by atoms with Gasteiger partial charge < -0.3 is 10.3 Å². The fourth-order valence-electron chi connectivity index (χ4n) is 2.89. The molecule has 0 amide bonds. The Morgan fingerprint density at radius 2 is 1.84 bits per heavy atom.